The van der Waals surface area contributed by atoms with E-state index in [4.69, 9.17) is 0 Å². The summed E-state index contributed by atoms with van der Waals surface area (Å²) in [7, 11) is 0. The average molecular weight is 314 g/mol. The predicted octanol–water partition coefficient (Wildman–Crippen LogP) is 1.58. The molecule has 2 N–H and O–H groups in total. The molecule has 0 spiro atoms. The molecule has 0 atom stereocenters. The normalized spacial score (nSPS) is 15.0. The molecule has 0 unspecified atom stereocenters. The highest BCUT2D eigenvalue weighted by molar-refractivity contribution is 5.83. The van der Waals surface area contributed by atoms with E-state index in [0.29, 0.717) is 32.7 Å². The number of hydrogen-bond donors (Lipinski definition) is 2. The second-order valence-corrected chi connectivity index (χ2v) is 5.83. The molecule has 6 heteroatoms. The van der Waals surface area contributed by atoms with Crippen LogP contribution in [-0.4, -0.2) is 59.4 Å². The minimum atomic E-state index is -0.0481. The number of carbonyl (C=O) groups is 2. The summed E-state index contributed by atoms with van der Waals surface area (Å²) in [4.78, 5) is 30.3. The van der Waals surface area contributed by atoms with E-state index in [2.05, 4.69) is 16.4 Å². The van der Waals surface area contributed by atoms with Crippen LogP contribution in [0, 0.1) is 0 Å². The summed E-state index contributed by atoms with van der Waals surface area (Å²) >= 11 is 0. The van der Waals surface area contributed by atoms with Gasteiger partial charge in [0.1, 0.15) is 0 Å². The van der Waals surface area contributed by atoms with Gasteiger partial charge in [0.2, 0.25) is 5.91 Å². The Bertz CT molecular complexity index is 701. The Morgan fingerprint density at radius 3 is 2.57 bits per heavy atom. The van der Waals surface area contributed by atoms with Gasteiger partial charge < -0.3 is 20.1 Å². The number of aromatic nitrogens is 1. The molecule has 0 bridgehead atoms. The number of carbonyl (C=O) groups excluding carboxylic acids is 2. The molecule has 2 heterocycles. The minimum Gasteiger partial charge on any atom is -0.361 e. The Morgan fingerprint density at radius 2 is 1.83 bits per heavy atom. The Hall–Kier alpha value is -2.50. The van der Waals surface area contributed by atoms with E-state index in [-0.39, 0.29) is 11.9 Å². The third-order valence-electron chi connectivity index (χ3n) is 4.36. The van der Waals surface area contributed by atoms with Crippen molar-refractivity contribution in [1.82, 2.24) is 20.1 Å². The first kappa shape index (κ1) is 15.4. The van der Waals surface area contributed by atoms with Crippen LogP contribution in [0.1, 0.15) is 12.5 Å². The number of urea groups is 1. The van der Waals surface area contributed by atoms with Crippen molar-refractivity contribution < 1.29 is 9.59 Å². The third kappa shape index (κ3) is 3.47. The lowest BCUT2D eigenvalue weighted by Crippen LogP contribution is -2.52. The maximum Gasteiger partial charge on any atom is 0.317 e. The van der Waals surface area contributed by atoms with Gasteiger partial charge in [-0.15, -0.1) is 0 Å². The zero-order chi connectivity index (χ0) is 16.2. The number of benzene rings is 1. The number of aromatic amines is 1. The Kier molecular flexibility index (Phi) is 4.50. The van der Waals surface area contributed by atoms with E-state index >= 15 is 0 Å². The molecule has 1 aromatic heterocycles. The van der Waals surface area contributed by atoms with Crippen LogP contribution < -0.4 is 5.32 Å². The van der Waals surface area contributed by atoms with Crippen molar-refractivity contribution >= 4 is 22.8 Å². The second-order valence-electron chi connectivity index (χ2n) is 5.83. The van der Waals surface area contributed by atoms with Crippen LogP contribution in [0.4, 0.5) is 4.79 Å². The Labute approximate surface area is 135 Å². The van der Waals surface area contributed by atoms with Gasteiger partial charge in [-0.05, 0) is 18.1 Å². The first-order chi connectivity index (χ1) is 11.1. The van der Waals surface area contributed by atoms with Gasteiger partial charge in [0.15, 0.2) is 0 Å². The molecule has 2 aromatic rings. The second kappa shape index (κ2) is 6.73. The van der Waals surface area contributed by atoms with Crippen LogP contribution >= 0.6 is 0 Å². The summed E-state index contributed by atoms with van der Waals surface area (Å²) in [5.74, 6) is 0.0735. The van der Waals surface area contributed by atoms with Crippen LogP contribution in [0.25, 0.3) is 10.9 Å². The van der Waals surface area contributed by atoms with Gasteiger partial charge in [-0.25, -0.2) is 4.79 Å². The summed E-state index contributed by atoms with van der Waals surface area (Å²) < 4.78 is 0. The van der Waals surface area contributed by atoms with Crippen molar-refractivity contribution in [3.63, 3.8) is 0 Å². The van der Waals surface area contributed by atoms with Gasteiger partial charge in [0, 0.05) is 56.7 Å². The van der Waals surface area contributed by atoms with Crippen LogP contribution in [0.2, 0.25) is 0 Å². The van der Waals surface area contributed by atoms with Crippen LogP contribution in [0.3, 0.4) is 0 Å². The smallest absolute Gasteiger partial charge is 0.317 e. The van der Waals surface area contributed by atoms with Gasteiger partial charge in [-0.2, -0.15) is 0 Å². The van der Waals surface area contributed by atoms with E-state index < -0.39 is 0 Å². The highest BCUT2D eigenvalue weighted by Gasteiger charge is 2.21. The summed E-state index contributed by atoms with van der Waals surface area (Å²) in [6.07, 6.45) is 2.80. The number of amides is 3. The average Bonchev–Trinajstić information content (AvgIpc) is 2.98. The summed E-state index contributed by atoms with van der Waals surface area (Å²) in [5.41, 5.74) is 2.33. The number of H-pyrrole nitrogens is 1. The molecule has 23 heavy (non-hydrogen) atoms. The summed E-state index contributed by atoms with van der Waals surface area (Å²) in [6, 6.07) is 8.11. The van der Waals surface area contributed by atoms with Gasteiger partial charge >= 0.3 is 6.03 Å². The molecule has 1 aliphatic rings. The molecule has 0 saturated carbocycles. The largest absolute Gasteiger partial charge is 0.361 e. The highest BCUT2D eigenvalue weighted by atomic mass is 16.2. The van der Waals surface area contributed by atoms with Crippen molar-refractivity contribution in [3.8, 4) is 0 Å². The molecule has 3 rings (SSSR count). The number of nitrogens with one attached hydrogen (secondary N) is 2. The topological polar surface area (TPSA) is 68.4 Å². The fraction of sp³-hybridized carbons (Fsp3) is 0.412. The van der Waals surface area contributed by atoms with Crippen molar-refractivity contribution in [2.75, 3.05) is 32.7 Å². The lowest BCUT2D eigenvalue weighted by molar-refractivity contribution is -0.130. The van der Waals surface area contributed by atoms with Gasteiger partial charge in [0.25, 0.3) is 0 Å². The lowest BCUT2D eigenvalue weighted by atomic mass is 10.1. The number of para-hydroxylation sites is 1. The number of hydrogen-bond acceptors (Lipinski definition) is 2. The molecular formula is C17H22N4O2. The molecule has 0 aliphatic carbocycles. The number of fused-ring (bicyclic) bond motifs is 1. The van der Waals surface area contributed by atoms with E-state index in [0.717, 1.165) is 11.9 Å². The zero-order valence-electron chi connectivity index (χ0n) is 13.3. The Morgan fingerprint density at radius 1 is 1.13 bits per heavy atom. The van der Waals surface area contributed by atoms with Crippen molar-refractivity contribution in [1.29, 1.82) is 0 Å². The quantitative estimate of drug-likeness (QED) is 0.903. The van der Waals surface area contributed by atoms with E-state index in [1.165, 1.54) is 10.9 Å². The fourth-order valence-corrected chi connectivity index (χ4v) is 2.98. The maximum atomic E-state index is 12.2. The first-order valence-electron chi connectivity index (χ1n) is 7.98. The lowest BCUT2D eigenvalue weighted by Gasteiger charge is -2.34. The molecule has 0 radical (unpaired) electrons. The minimum absolute atomic E-state index is 0.0481. The third-order valence-corrected chi connectivity index (χ3v) is 4.36. The maximum absolute atomic E-state index is 12.2. The van der Waals surface area contributed by atoms with Crippen molar-refractivity contribution in [2.45, 2.75) is 13.3 Å². The number of piperazine rings is 1. The fourth-order valence-electron chi connectivity index (χ4n) is 2.98. The number of rotatable bonds is 3. The molecule has 1 aliphatic heterocycles. The van der Waals surface area contributed by atoms with Crippen LogP contribution in [-0.2, 0) is 11.2 Å². The molecule has 1 fully saturated rings. The molecule has 122 valence electrons. The highest BCUT2D eigenvalue weighted by Crippen LogP contribution is 2.17. The molecular weight excluding hydrogens is 292 g/mol. The predicted molar refractivity (Wildman–Crippen MR) is 89.2 cm³/mol. The van der Waals surface area contributed by atoms with E-state index in [1.54, 1.807) is 16.7 Å². The van der Waals surface area contributed by atoms with Crippen LogP contribution in [0.5, 0.6) is 0 Å². The van der Waals surface area contributed by atoms with Gasteiger partial charge in [0.05, 0.1) is 0 Å². The first-order valence-corrected chi connectivity index (χ1v) is 7.98. The summed E-state index contributed by atoms with van der Waals surface area (Å²) in [5, 5.41) is 4.17. The SMILES string of the molecule is CC(=O)N1CCN(C(=O)NCCc2c[nH]c3ccccc23)CC1. The zero-order valence-corrected chi connectivity index (χ0v) is 13.3. The molecule has 1 aromatic carbocycles. The molecule has 3 amide bonds. The number of nitrogens with zero attached hydrogens (tertiary/aromatic N) is 2. The molecule has 1 saturated heterocycles. The van der Waals surface area contributed by atoms with Crippen molar-refractivity contribution in [2.24, 2.45) is 0 Å². The monoisotopic (exact) mass is 314 g/mol. The standard InChI is InChI=1S/C17H22N4O2/c1-13(22)20-8-10-21(11-9-20)17(23)18-7-6-14-12-19-16-5-3-2-4-15(14)16/h2-5,12,19H,6-11H2,1H3,(H,18,23). The van der Waals surface area contributed by atoms with E-state index in [1.807, 2.05) is 24.4 Å². The van der Waals surface area contributed by atoms with Gasteiger partial charge in [-0.1, -0.05) is 18.2 Å². The van der Waals surface area contributed by atoms with E-state index in [9.17, 15) is 9.59 Å². The van der Waals surface area contributed by atoms with Crippen LogP contribution in [0.15, 0.2) is 30.5 Å². The summed E-state index contributed by atoms with van der Waals surface area (Å²) in [6.45, 7) is 4.60. The molecule has 6 nitrogen and oxygen atoms in total. The Balaban J connectivity index is 1.47. The van der Waals surface area contributed by atoms with Gasteiger partial charge in [-0.3, -0.25) is 4.79 Å². The van der Waals surface area contributed by atoms with Crippen molar-refractivity contribution in [3.05, 3.63) is 36.0 Å².